The molecule has 0 amide bonds. The van der Waals surface area contributed by atoms with Gasteiger partial charge in [-0.3, -0.25) is 4.90 Å². The maximum atomic E-state index is 11.6. The van der Waals surface area contributed by atoms with Crippen molar-refractivity contribution in [2.24, 2.45) is 0 Å². The molecule has 0 aromatic heterocycles. The lowest BCUT2D eigenvalue weighted by molar-refractivity contribution is -0.0682. The molecule has 2 aliphatic heterocycles. The van der Waals surface area contributed by atoms with Crippen molar-refractivity contribution in [1.29, 1.82) is 0 Å². The van der Waals surface area contributed by atoms with Crippen molar-refractivity contribution in [3.8, 4) is 11.5 Å². The minimum absolute atomic E-state index is 0.0233. The quantitative estimate of drug-likeness (QED) is 0.789. The molecule has 1 saturated heterocycles. The molecule has 0 N–H and O–H groups in total. The minimum atomic E-state index is -0.590. The fraction of sp³-hybridized carbons (Fsp3) is 0.611. The third kappa shape index (κ3) is 4.12. The number of hydrogen-bond donors (Lipinski definition) is 0. The Morgan fingerprint density at radius 3 is 2.96 bits per heavy atom. The summed E-state index contributed by atoms with van der Waals surface area (Å²) in [6, 6.07) is 7.71. The molecule has 2 heterocycles. The second kappa shape index (κ2) is 7.30. The number of likely N-dealkylation sites (tertiary alicyclic amines) is 1. The number of benzene rings is 1. The number of para-hydroxylation sites is 2. The molecule has 0 spiro atoms. The molecule has 2 aliphatic rings. The Bertz CT molecular complexity index is 578. The van der Waals surface area contributed by atoms with Crippen LogP contribution in [0.3, 0.4) is 0 Å². The minimum Gasteiger partial charge on any atom is -0.486 e. The van der Waals surface area contributed by atoms with Crippen LogP contribution in [0.1, 0.15) is 26.7 Å². The van der Waals surface area contributed by atoms with Crippen LogP contribution in [0.4, 0.5) is 4.79 Å². The third-order valence-corrected chi connectivity index (χ3v) is 4.36. The summed E-state index contributed by atoms with van der Waals surface area (Å²) in [5, 5.41) is 0. The van der Waals surface area contributed by atoms with E-state index in [1.807, 2.05) is 31.2 Å². The van der Waals surface area contributed by atoms with Gasteiger partial charge in [0.2, 0.25) is 0 Å². The fourth-order valence-electron chi connectivity index (χ4n) is 3.34. The predicted molar refractivity (Wildman–Crippen MR) is 88.5 cm³/mol. The Balaban J connectivity index is 1.55. The average molecular weight is 335 g/mol. The number of carbonyl (C=O) groups is 1. The highest BCUT2D eigenvalue weighted by atomic mass is 16.7. The van der Waals surface area contributed by atoms with Gasteiger partial charge in [0.25, 0.3) is 0 Å². The average Bonchev–Trinajstić information content (AvgIpc) is 2.54. The molecule has 6 nitrogen and oxygen atoms in total. The van der Waals surface area contributed by atoms with Crippen molar-refractivity contribution in [3.63, 3.8) is 0 Å². The van der Waals surface area contributed by atoms with Gasteiger partial charge < -0.3 is 18.9 Å². The van der Waals surface area contributed by atoms with Crippen LogP contribution in [0.5, 0.6) is 11.5 Å². The number of piperidine rings is 1. The molecule has 132 valence electrons. The summed E-state index contributed by atoms with van der Waals surface area (Å²) in [6.07, 6.45) is 1.20. The Morgan fingerprint density at radius 1 is 1.38 bits per heavy atom. The zero-order valence-corrected chi connectivity index (χ0v) is 14.3. The van der Waals surface area contributed by atoms with Crippen molar-refractivity contribution in [1.82, 2.24) is 4.90 Å². The van der Waals surface area contributed by atoms with Gasteiger partial charge in [0, 0.05) is 13.1 Å². The van der Waals surface area contributed by atoms with Crippen LogP contribution in [0, 0.1) is 0 Å². The van der Waals surface area contributed by atoms with Gasteiger partial charge in [-0.2, -0.15) is 0 Å². The first-order valence-electron chi connectivity index (χ1n) is 8.54. The number of nitrogens with zero attached hydrogens (tertiary/aromatic N) is 1. The summed E-state index contributed by atoms with van der Waals surface area (Å²) in [7, 11) is 0. The molecule has 0 aliphatic carbocycles. The van der Waals surface area contributed by atoms with Crippen LogP contribution < -0.4 is 9.47 Å². The van der Waals surface area contributed by atoms with Gasteiger partial charge in [0.15, 0.2) is 11.5 Å². The van der Waals surface area contributed by atoms with E-state index < -0.39 is 11.8 Å². The first-order valence-corrected chi connectivity index (χ1v) is 8.54. The number of hydrogen-bond acceptors (Lipinski definition) is 6. The standard InChI is InChI=1S/C18H25NO5/c1-3-21-17(20)24-18(2)9-6-10-19(13-18)11-14-12-22-15-7-4-5-8-16(15)23-14/h4-5,7-8,14H,3,6,9-13H2,1-2H3. The monoisotopic (exact) mass is 335 g/mol. The van der Waals surface area contributed by atoms with E-state index in [0.717, 1.165) is 37.4 Å². The molecular weight excluding hydrogens is 310 g/mol. The Morgan fingerprint density at radius 2 is 2.17 bits per heavy atom. The molecule has 0 bridgehead atoms. The summed E-state index contributed by atoms with van der Waals surface area (Å²) < 4.78 is 22.2. The third-order valence-electron chi connectivity index (χ3n) is 4.36. The van der Waals surface area contributed by atoms with E-state index in [0.29, 0.717) is 19.8 Å². The zero-order chi connectivity index (χ0) is 17.0. The maximum Gasteiger partial charge on any atom is 0.508 e. The lowest BCUT2D eigenvalue weighted by atomic mass is 9.94. The van der Waals surface area contributed by atoms with Crippen molar-refractivity contribution in [2.75, 3.05) is 32.8 Å². The molecule has 0 saturated carbocycles. The highest BCUT2D eigenvalue weighted by molar-refractivity contribution is 5.60. The van der Waals surface area contributed by atoms with Crippen molar-refractivity contribution >= 4 is 6.16 Å². The van der Waals surface area contributed by atoms with E-state index in [9.17, 15) is 4.79 Å². The molecule has 3 rings (SSSR count). The lowest BCUT2D eigenvalue weighted by Gasteiger charge is -2.41. The Labute approximate surface area is 142 Å². The molecule has 1 aromatic rings. The van der Waals surface area contributed by atoms with E-state index in [4.69, 9.17) is 18.9 Å². The summed E-state index contributed by atoms with van der Waals surface area (Å²) in [5.41, 5.74) is -0.516. The highest BCUT2D eigenvalue weighted by Crippen LogP contribution is 2.32. The number of carbonyl (C=O) groups excluding carboxylic acids is 1. The van der Waals surface area contributed by atoms with Gasteiger partial charge in [-0.25, -0.2) is 4.79 Å². The normalized spacial score (nSPS) is 26.7. The van der Waals surface area contributed by atoms with Crippen molar-refractivity contribution < 1.29 is 23.7 Å². The van der Waals surface area contributed by atoms with E-state index >= 15 is 0 Å². The maximum absolute atomic E-state index is 11.6. The number of rotatable bonds is 4. The molecule has 6 heteroatoms. The van der Waals surface area contributed by atoms with Gasteiger partial charge >= 0.3 is 6.16 Å². The number of ether oxygens (including phenoxy) is 4. The topological polar surface area (TPSA) is 57.2 Å². The van der Waals surface area contributed by atoms with Crippen molar-refractivity contribution in [2.45, 2.75) is 38.4 Å². The second-order valence-electron chi connectivity index (χ2n) is 6.57. The van der Waals surface area contributed by atoms with E-state index in [2.05, 4.69) is 4.90 Å². The molecule has 24 heavy (non-hydrogen) atoms. The summed E-state index contributed by atoms with van der Waals surface area (Å²) in [4.78, 5) is 13.9. The van der Waals surface area contributed by atoms with E-state index in [-0.39, 0.29) is 6.10 Å². The van der Waals surface area contributed by atoms with Crippen molar-refractivity contribution in [3.05, 3.63) is 24.3 Å². The highest BCUT2D eigenvalue weighted by Gasteiger charge is 2.36. The number of fused-ring (bicyclic) bond motifs is 1. The van der Waals surface area contributed by atoms with E-state index in [1.165, 1.54) is 0 Å². The van der Waals surface area contributed by atoms with Crippen LogP contribution in [0.15, 0.2) is 24.3 Å². The lowest BCUT2D eigenvalue weighted by Crippen LogP contribution is -2.52. The van der Waals surface area contributed by atoms with Gasteiger partial charge in [-0.05, 0) is 45.4 Å². The smallest absolute Gasteiger partial charge is 0.486 e. The molecule has 2 atom stereocenters. The van der Waals surface area contributed by atoms with Crippen LogP contribution in [-0.2, 0) is 9.47 Å². The van der Waals surface area contributed by atoms with Crippen LogP contribution in [0.25, 0.3) is 0 Å². The molecule has 1 aromatic carbocycles. The summed E-state index contributed by atoms with van der Waals surface area (Å²) >= 11 is 0. The van der Waals surface area contributed by atoms with Crippen LogP contribution in [0.2, 0.25) is 0 Å². The molecule has 0 radical (unpaired) electrons. The summed E-state index contributed by atoms with van der Waals surface area (Å²) in [5.74, 6) is 1.58. The molecular formula is C18H25NO5. The molecule has 2 unspecified atom stereocenters. The Kier molecular flexibility index (Phi) is 5.14. The van der Waals surface area contributed by atoms with Gasteiger partial charge in [-0.1, -0.05) is 12.1 Å². The van der Waals surface area contributed by atoms with Crippen LogP contribution >= 0.6 is 0 Å². The SMILES string of the molecule is CCOC(=O)OC1(C)CCCN(CC2COc3ccccc3O2)C1. The summed E-state index contributed by atoms with van der Waals surface area (Å²) in [6.45, 7) is 6.97. The first kappa shape index (κ1) is 16.9. The first-order chi connectivity index (χ1) is 11.6. The van der Waals surface area contributed by atoms with Gasteiger partial charge in [0.05, 0.1) is 6.61 Å². The van der Waals surface area contributed by atoms with Gasteiger partial charge in [-0.15, -0.1) is 0 Å². The second-order valence-corrected chi connectivity index (χ2v) is 6.57. The largest absolute Gasteiger partial charge is 0.508 e. The van der Waals surface area contributed by atoms with E-state index in [1.54, 1.807) is 6.92 Å². The van der Waals surface area contributed by atoms with Gasteiger partial charge in [0.1, 0.15) is 18.3 Å². The molecule has 1 fully saturated rings. The zero-order valence-electron chi connectivity index (χ0n) is 14.3. The fourth-order valence-corrected chi connectivity index (χ4v) is 3.34. The Hall–Kier alpha value is -1.95. The predicted octanol–water partition coefficient (Wildman–Crippen LogP) is 2.85. The van der Waals surface area contributed by atoms with Crippen LogP contribution in [-0.4, -0.2) is 55.6 Å².